The van der Waals surface area contributed by atoms with Gasteiger partial charge in [-0.3, -0.25) is 0 Å². The lowest BCUT2D eigenvalue weighted by Gasteiger charge is -2.38. The van der Waals surface area contributed by atoms with Crippen LogP contribution in [0.5, 0.6) is 0 Å². The quantitative estimate of drug-likeness (QED) is 0.634. The van der Waals surface area contributed by atoms with Crippen molar-refractivity contribution in [3.63, 3.8) is 0 Å². The van der Waals surface area contributed by atoms with Crippen LogP contribution in [0.25, 0.3) is 0 Å². The molecule has 0 unspecified atom stereocenters. The van der Waals surface area contributed by atoms with Gasteiger partial charge in [-0.2, -0.15) is 0 Å². The summed E-state index contributed by atoms with van der Waals surface area (Å²) in [6.45, 7) is 16.7. The van der Waals surface area contributed by atoms with E-state index in [0.29, 0.717) is 0 Å². The molecule has 5 nitrogen and oxygen atoms in total. The zero-order chi connectivity index (χ0) is 15.5. The largest absolute Gasteiger partial charge is 0.659 e. The topological polar surface area (TPSA) is 46.2 Å². The molecule has 0 aliphatic rings. The molecule has 9 heteroatoms. The van der Waals surface area contributed by atoms with E-state index in [1.54, 1.807) is 14.2 Å². The highest BCUT2D eigenvalue weighted by Crippen LogP contribution is 2.24. The molecule has 0 aliphatic heterocycles. The van der Waals surface area contributed by atoms with Crippen LogP contribution in [-0.2, 0) is 21.2 Å². The van der Waals surface area contributed by atoms with E-state index in [4.69, 9.17) is 21.2 Å². The molecule has 0 spiro atoms. The van der Waals surface area contributed by atoms with Crippen molar-refractivity contribution in [2.45, 2.75) is 52.4 Å². The third-order valence-electron chi connectivity index (χ3n) is 1.85. The molecule has 0 aliphatic carbocycles. The first-order valence-electron chi connectivity index (χ1n) is 6.45. The van der Waals surface area contributed by atoms with Gasteiger partial charge in [-0.05, 0) is 52.4 Å². The van der Waals surface area contributed by atoms with Gasteiger partial charge in [0.25, 0.3) is 0 Å². The van der Waals surface area contributed by atoms with Gasteiger partial charge in [0.05, 0.1) is 0 Å². The molecule has 0 saturated heterocycles. The maximum Gasteiger partial charge on any atom is 0.659 e. The Morgan fingerprint density at radius 2 is 0.895 bits per heavy atom. The lowest BCUT2D eigenvalue weighted by Crippen LogP contribution is -2.61. The van der Waals surface area contributed by atoms with E-state index < -0.39 is 34.2 Å². The predicted octanol–water partition coefficient (Wildman–Crippen LogP) is 3.14. The zero-order valence-electron chi connectivity index (χ0n) is 14.0. The Bertz CT molecular complexity index is 281. The summed E-state index contributed by atoms with van der Waals surface area (Å²) in [4.78, 5) is 0. The van der Waals surface area contributed by atoms with Gasteiger partial charge < -0.3 is 21.2 Å². The average Bonchev–Trinajstić information content (AvgIpc) is 2.09. The van der Waals surface area contributed by atoms with Crippen molar-refractivity contribution in [3.8, 4) is 0 Å². The number of hydrogen-bond acceptors (Lipinski definition) is 5. The molecular weight excluding hydrogens is 312 g/mol. The zero-order valence-corrected chi connectivity index (χ0v) is 18.0. The van der Waals surface area contributed by atoms with E-state index in [1.165, 1.54) is 0 Å². The minimum Gasteiger partial charge on any atom is -0.437 e. The molecule has 0 heterocycles. The highest BCUT2D eigenvalue weighted by molar-refractivity contribution is 6.86. The normalized spacial score (nSPS) is 14.8. The Balaban J connectivity index is 5.02. The average molecular weight is 343 g/mol. The van der Waals surface area contributed by atoms with E-state index in [9.17, 15) is 0 Å². The maximum atomic E-state index is 6.16. The lowest BCUT2D eigenvalue weighted by molar-refractivity contribution is 0.0687. The van der Waals surface area contributed by atoms with Gasteiger partial charge in [-0.15, -0.1) is 0 Å². The first-order chi connectivity index (χ1) is 8.24. The predicted molar refractivity (Wildman–Crippen MR) is 87.2 cm³/mol. The Kier molecular flexibility index (Phi) is 6.85. The van der Waals surface area contributed by atoms with Gasteiger partial charge in [0, 0.05) is 14.2 Å². The summed E-state index contributed by atoms with van der Waals surface area (Å²) in [5, 5.41) is 0. The van der Waals surface area contributed by atoms with Gasteiger partial charge in [0.15, 0.2) is 16.6 Å². The maximum absolute atomic E-state index is 6.16. The van der Waals surface area contributed by atoms with Crippen molar-refractivity contribution in [2.75, 3.05) is 14.2 Å². The molecule has 0 bridgehead atoms. The minimum atomic E-state index is -3.09. The molecule has 0 rings (SSSR count). The fraction of sp³-hybridized carbons (Fsp3) is 1.00. The second-order valence-corrected chi connectivity index (χ2v) is 22.4. The fourth-order valence-corrected chi connectivity index (χ4v) is 15.6. The molecule has 0 radical (unpaired) electrons. The first-order valence-corrected chi connectivity index (χ1v) is 17.7. The monoisotopic (exact) mass is 342 g/mol. The van der Waals surface area contributed by atoms with E-state index in [2.05, 4.69) is 39.3 Å². The summed E-state index contributed by atoms with van der Waals surface area (Å²) in [7, 11) is -5.78. The van der Waals surface area contributed by atoms with Crippen LogP contribution in [0.3, 0.4) is 0 Å². The molecule has 0 fully saturated rings. The second-order valence-electron chi connectivity index (χ2n) is 6.84. The van der Waals surface area contributed by atoms with Gasteiger partial charge in [-0.25, -0.2) is 0 Å². The molecule has 0 aromatic rings. The third kappa shape index (κ3) is 8.52. The van der Waals surface area contributed by atoms with Crippen molar-refractivity contribution < 1.29 is 21.2 Å². The molecule has 0 aromatic carbocycles. The Hall–Kier alpha value is 0.668. The van der Waals surface area contributed by atoms with Crippen molar-refractivity contribution in [1.29, 1.82) is 0 Å². The SMILES string of the molecule is CO[Si](OC)(O[Si](C)(C)C)O[Si](C)(C)O[Si](C)(C)C. The van der Waals surface area contributed by atoms with Gasteiger partial charge in [-0.1, -0.05) is 0 Å². The summed E-state index contributed by atoms with van der Waals surface area (Å²) in [6.07, 6.45) is 0. The molecule has 0 atom stereocenters. The fourth-order valence-electron chi connectivity index (χ4n) is 1.71. The standard InChI is InChI=1S/C10H30O5Si4/c1-11-19(12-2,14-17(6,7)8)15-18(9,10)13-16(3,4)5/h1-10H3. The lowest BCUT2D eigenvalue weighted by atomic mass is 11.8. The molecule has 0 amide bonds. The van der Waals surface area contributed by atoms with E-state index in [-0.39, 0.29) is 0 Å². The summed E-state index contributed by atoms with van der Waals surface area (Å²) in [5.41, 5.74) is 0. The van der Waals surface area contributed by atoms with E-state index in [0.717, 1.165) is 0 Å². The number of hydrogen-bond donors (Lipinski definition) is 0. The highest BCUT2D eigenvalue weighted by atomic mass is 28.5. The molecule has 0 saturated carbocycles. The summed E-state index contributed by atoms with van der Waals surface area (Å²) in [5.74, 6) is 0. The van der Waals surface area contributed by atoms with Crippen LogP contribution in [0.4, 0.5) is 0 Å². The van der Waals surface area contributed by atoms with Crippen molar-refractivity contribution in [1.82, 2.24) is 0 Å². The summed E-state index contributed by atoms with van der Waals surface area (Å²) in [6, 6.07) is 0. The van der Waals surface area contributed by atoms with Crippen LogP contribution in [-0.4, -0.2) is 48.5 Å². The van der Waals surface area contributed by atoms with Crippen molar-refractivity contribution in [3.05, 3.63) is 0 Å². The smallest absolute Gasteiger partial charge is 0.437 e. The number of rotatable bonds is 8. The highest BCUT2D eigenvalue weighted by Gasteiger charge is 2.52. The van der Waals surface area contributed by atoms with Crippen LogP contribution < -0.4 is 0 Å². The molecule has 0 aromatic heterocycles. The first kappa shape index (κ1) is 19.7. The van der Waals surface area contributed by atoms with Crippen LogP contribution >= 0.6 is 0 Å². The van der Waals surface area contributed by atoms with E-state index >= 15 is 0 Å². The Morgan fingerprint density at radius 3 is 1.16 bits per heavy atom. The van der Waals surface area contributed by atoms with Crippen molar-refractivity contribution in [2.24, 2.45) is 0 Å². The molecule has 116 valence electrons. The minimum absolute atomic E-state index is 1.58. The van der Waals surface area contributed by atoms with Crippen LogP contribution in [0, 0.1) is 0 Å². The van der Waals surface area contributed by atoms with E-state index in [1.807, 2.05) is 13.1 Å². The molecule has 19 heavy (non-hydrogen) atoms. The van der Waals surface area contributed by atoms with Gasteiger partial charge in [0.1, 0.15) is 0 Å². The molecular formula is C10H30O5Si4. The van der Waals surface area contributed by atoms with Crippen LogP contribution in [0.1, 0.15) is 0 Å². The van der Waals surface area contributed by atoms with Gasteiger partial charge in [0.2, 0.25) is 0 Å². The summed E-state index contributed by atoms with van der Waals surface area (Å²) >= 11 is 0. The molecule has 0 N–H and O–H groups in total. The Labute approximate surface area is 122 Å². The second kappa shape index (κ2) is 6.62. The van der Waals surface area contributed by atoms with Crippen molar-refractivity contribution >= 4 is 34.2 Å². The Morgan fingerprint density at radius 1 is 0.526 bits per heavy atom. The summed E-state index contributed by atoms with van der Waals surface area (Å²) < 4.78 is 29.3. The van der Waals surface area contributed by atoms with Gasteiger partial charge >= 0.3 is 17.6 Å². The van der Waals surface area contributed by atoms with Crippen LogP contribution in [0.15, 0.2) is 0 Å². The third-order valence-corrected chi connectivity index (χ3v) is 13.7. The van der Waals surface area contributed by atoms with Crippen LogP contribution in [0.2, 0.25) is 52.4 Å².